The molecule has 5 rings (SSSR count). The summed E-state index contributed by atoms with van der Waals surface area (Å²) in [6.45, 7) is 0.845. The van der Waals surface area contributed by atoms with Crippen molar-refractivity contribution in [2.45, 2.75) is 62.6 Å². The lowest BCUT2D eigenvalue weighted by Crippen LogP contribution is -2.54. The van der Waals surface area contributed by atoms with Gasteiger partial charge >= 0.3 is 0 Å². The predicted octanol–water partition coefficient (Wildman–Crippen LogP) is 6.69. The van der Waals surface area contributed by atoms with Crippen LogP contribution in [0.4, 0.5) is 10.1 Å². The molecule has 11 heteroatoms. The van der Waals surface area contributed by atoms with Crippen LogP contribution in [0.5, 0.6) is 5.75 Å². The molecule has 1 aliphatic rings. The smallest absolute Gasteiger partial charge is 0.264 e. The molecule has 8 nitrogen and oxygen atoms in total. The number of amides is 2. The van der Waals surface area contributed by atoms with E-state index in [-0.39, 0.29) is 51.8 Å². The molecule has 48 heavy (non-hydrogen) atoms. The standard InChI is InChI=1S/C37H39ClFN3O5S/c1-26-16-19-31(20-17-26)48(45,46)42(33-23-29(38)18-21-35(33)47-2)25-36(43)41(24-28-12-6-9-15-32(28)39)34(22-27-10-4-3-5-11-27)37(44)40-30-13-7-8-14-30/h3-6,9-12,15-21,23,30,34H,7-8,13-14,22,24-25H2,1-2H3,(H,40,44)/t34-/m0/s1. The van der Waals surface area contributed by atoms with E-state index in [1.807, 2.05) is 37.3 Å². The van der Waals surface area contributed by atoms with Crippen molar-refractivity contribution < 1.29 is 27.1 Å². The predicted molar refractivity (Wildman–Crippen MR) is 185 cm³/mol. The van der Waals surface area contributed by atoms with Crippen molar-refractivity contribution in [1.29, 1.82) is 0 Å². The summed E-state index contributed by atoms with van der Waals surface area (Å²) in [6.07, 6.45) is 3.74. The summed E-state index contributed by atoms with van der Waals surface area (Å²) in [6, 6.07) is 24.9. The monoisotopic (exact) mass is 691 g/mol. The van der Waals surface area contributed by atoms with Crippen molar-refractivity contribution in [3.8, 4) is 5.75 Å². The molecule has 0 saturated heterocycles. The highest BCUT2D eigenvalue weighted by atomic mass is 35.5. The Kier molecular flexibility index (Phi) is 11.4. The average molecular weight is 692 g/mol. The Balaban J connectivity index is 1.61. The van der Waals surface area contributed by atoms with E-state index in [2.05, 4.69) is 5.32 Å². The van der Waals surface area contributed by atoms with Gasteiger partial charge in [0, 0.05) is 29.6 Å². The first-order valence-corrected chi connectivity index (χ1v) is 17.7. The molecule has 1 aliphatic carbocycles. The Morgan fingerprint density at radius 1 is 0.958 bits per heavy atom. The second-order valence-corrected chi connectivity index (χ2v) is 14.2. The van der Waals surface area contributed by atoms with Crippen LogP contribution in [0.3, 0.4) is 0 Å². The first-order valence-electron chi connectivity index (χ1n) is 15.9. The molecular weight excluding hydrogens is 653 g/mol. The zero-order valence-electron chi connectivity index (χ0n) is 26.9. The van der Waals surface area contributed by atoms with E-state index in [1.165, 1.54) is 42.3 Å². The minimum atomic E-state index is -4.38. The fraction of sp³-hybridized carbons (Fsp3) is 0.297. The lowest BCUT2D eigenvalue weighted by molar-refractivity contribution is -0.140. The van der Waals surface area contributed by atoms with Crippen LogP contribution in [-0.4, -0.2) is 50.9 Å². The van der Waals surface area contributed by atoms with Gasteiger partial charge in [-0.15, -0.1) is 0 Å². The molecule has 1 saturated carbocycles. The molecule has 0 unspecified atom stereocenters. The molecule has 252 valence electrons. The van der Waals surface area contributed by atoms with Crippen LogP contribution in [0.2, 0.25) is 5.02 Å². The van der Waals surface area contributed by atoms with Crippen molar-refractivity contribution in [3.63, 3.8) is 0 Å². The van der Waals surface area contributed by atoms with E-state index in [0.717, 1.165) is 41.1 Å². The van der Waals surface area contributed by atoms with Crippen molar-refractivity contribution >= 4 is 39.1 Å². The molecule has 1 fully saturated rings. The first-order chi connectivity index (χ1) is 23.1. The highest BCUT2D eigenvalue weighted by molar-refractivity contribution is 7.92. The molecule has 0 aromatic heterocycles. The summed E-state index contributed by atoms with van der Waals surface area (Å²) in [5.74, 6) is -1.48. The molecule has 1 atom stereocenters. The number of nitrogens with one attached hydrogen (secondary N) is 1. The number of hydrogen-bond donors (Lipinski definition) is 1. The van der Waals surface area contributed by atoms with Crippen molar-refractivity contribution in [1.82, 2.24) is 10.2 Å². The van der Waals surface area contributed by atoms with Gasteiger partial charge in [-0.05, 0) is 61.7 Å². The minimum absolute atomic E-state index is 0.0415. The maximum absolute atomic E-state index is 15.2. The third-order valence-corrected chi connectivity index (χ3v) is 10.6. The van der Waals surface area contributed by atoms with Crippen molar-refractivity contribution in [2.75, 3.05) is 18.0 Å². The second kappa shape index (κ2) is 15.7. The number of benzene rings is 4. The number of methoxy groups -OCH3 is 1. The van der Waals surface area contributed by atoms with Crippen LogP contribution in [0.1, 0.15) is 42.4 Å². The lowest BCUT2D eigenvalue weighted by Gasteiger charge is -2.34. The van der Waals surface area contributed by atoms with Crippen LogP contribution >= 0.6 is 11.6 Å². The summed E-state index contributed by atoms with van der Waals surface area (Å²) >= 11 is 6.35. The van der Waals surface area contributed by atoms with Gasteiger partial charge in [-0.2, -0.15) is 0 Å². The topological polar surface area (TPSA) is 96.0 Å². The highest BCUT2D eigenvalue weighted by Gasteiger charge is 2.36. The van der Waals surface area contributed by atoms with Gasteiger partial charge in [0.1, 0.15) is 24.2 Å². The quantitative estimate of drug-likeness (QED) is 0.169. The summed E-state index contributed by atoms with van der Waals surface area (Å²) < 4.78 is 50.3. The summed E-state index contributed by atoms with van der Waals surface area (Å²) in [4.78, 5) is 30.0. The second-order valence-electron chi connectivity index (χ2n) is 11.9. The van der Waals surface area contributed by atoms with Gasteiger partial charge in [-0.25, -0.2) is 12.8 Å². The van der Waals surface area contributed by atoms with Gasteiger partial charge < -0.3 is 15.0 Å². The zero-order chi connectivity index (χ0) is 34.3. The Morgan fingerprint density at radius 3 is 2.29 bits per heavy atom. The zero-order valence-corrected chi connectivity index (χ0v) is 28.5. The summed E-state index contributed by atoms with van der Waals surface area (Å²) in [5, 5.41) is 3.34. The van der Waals surface area contributed by atoms with Crippen LogP contribution in [0.25, 0.3) is 0 Å². The number of aryl methyl sites for hydroxylation is 1. The lowest BCUT2D eigenvalue weighted by atomic mass is 10.0. The summed E-state index contributed by atoms with van der Waals surface area (Å²) in [5.41, 5.74) is 1.87. The molecule has 0 spiro atoms. The van der Waals surface area contributed by atoms with E-state index >= 15 is 4.39 Å². The normalized spacial score (nSPS) is 13.9. The van der Waals surface area contributed by atoms with E-state index in [1.54, 1.807) is 36.4 Å². The number of ether oxygens (including phenoxy) is 1. The van der Waals surface area contributed by atoms with Crippen molar-refractivity contribution in [3.05, 3.63) is 125 Å². The number of anilines is 1. The number of nitrogens with zero attached hydrogens (tertiary/aromatic N) is 2. The molecular formula is C37H39ClFN3O5S. The maximum atomic E-state index is 15.2. The SMILES string of the molecule is COc1ccc(Cl)cc1N(CC(=O)N(Cc1ccccc1F)[C@@H](Cc1ccccc1)C(=O)NC1CCCC1)S(=O)(=O)c1ccc(C)cc1. The van der Waals surface area contributed by atoms with Crippen LogP contribution in [0, 0.1) is 12.7 Å². The number of halogens is 2. The highest BCUT2D eigenvalue weighted by Crippen LogP contribution is 2.35. The molecule has 1 N–H and O–H groups in total. The number of hydrogen-bond acceptors (Lipinski definition) is 5. The molecule has 0 radical (unpaired) electrons. The molecule has 0 aliphatic heterocycles. The molecule has 4 aromatic rings. The van der Waals surface area contributed by atoms with E-state index in [4.69, 9.17) is 16.3 Å². The Morgan fingerprint density at radius 2 is 1.62 bits per heavy atom. The van der Waals surface area contributed by atoms with Crippen LogP contribution in [0.15, 0.2) is 102 Å². The molecule has 2 amide bonds. The number of carbonyl (C=O) groups is 2. The fourth-order valence-corrected chi connectivity index (χ4v) is 7.52. The van der Waals surface area contributed by atoms with Gasteiger partial charge in [0.05, 0.1) is 17.7 Å². The number of carbonyl (C=O) groups excluding carboxylic acids is 2. The third kappa shape index (κ3) is 8.35. The van der Waals surface area contributed by atoms with E-state index in [9.17, 15) is 18.0 Å². The maximum Gasteiger partial charge on any atom is 0.264 e. The number of rotatable bonds is 13. The fourth-order valence-electron chi connectivity index (χ4n) is 5.94. The first kappa shape index (κ1) is 34.9. The minimum Gasteiger partial charge on any atom is -0.495 e. The summed E-state index contributed by atoms with van der Waals surface area (Å²) in [7, 11) is -2.99. The van der Waals surface area contributed by atoms with Crippen LogP contribution < -0.4 is 14.4 Å². The Bertz CT molecular complexity index is 1830. The average Bonchev–Trinajstić information content (AvgIpc) is 3.59. The molecule has 0 heterocycles. The largest absolute Gasteiger partial charge is 0.495 e. The van der Waals surface area contributed by atoms with E-state index < -0.39 is 34.3 Å². The van der Waals surface area contributed by atoms with Crippen LogP contribution in [-0.2, 0) is 32.6 Å². The Hall–Kier alpha value is -4.41. The molecule has 4 aromatic carbocycles. The Labute approximate surface area is 286 Å². The van der Waals surface area contributed by atoms with Gasteiger partial charge in [-0.3, -0.25) is 13.9 Å². The van der Waals surface area contributed by atoms with Crippen molar-refractivity contribution in [2.24, 2.45) is 0 Å². The van der Waals surface area contributed by atoms with E-state index in [0.29, 0.717) is 0 Å². The number of sulfonamides is 1. The molecule has 0 bridgehead atoms. The van der Waals surface area contributed by atoms with Gasteiger partial charge in [0.25, 0.3) is 10.0 Å². The van der Waals surface area contributed by atoms with Gasteiger partial charge in [-0.1, -0.05) is 90.7 Å². The third-order valence-electron chi connectivity index (χ3n) is 8.57. The van der Waals surface area contributed by atoms with Gasteiger partial charge in [0.2, 0.25) is 11.8 Å². The van der Waals surface area contributed by atoms with Gasteiger partial charge in [0.15, 0.2) is 0 Å².